The summed E-state index contributed by atoms with van der Waals surface area (Å²) in [6.07, 6.45) is -4.93. The first kappa shape index (κ1) is 12.4. The van der Waals surface area contributed by atoms with Gasteiger partial charge in [-0.3, -0.25) is 0 Å². The van der Waals surface area contributed by atoms with Crippen LogP contribution in [0.5, 0.6) is 0 Å². The second-order valence-corrected chi connectivity index (χ2v) is 4.03. The molecule has 0 aromatic rings. The summed E-state index contributed by atoms with van der Waals surface area (Å²) in [5.74, 6) is 0. The lowest BCUT2D eigenvalue weighted by molar-refractivity contribution is -0.291. The van der Waals surface area contributed by atoms with E-state index in [0.29, 0.717) is 11.9 Å². The predicted octanol–water partition coefficient (Wildman–Crippen LogP) is -0.775. The molecule has 1 unspecified atom stereocenters. The molecule has 1 aliphatic heterocycles. The van der Waals surface area contributed by atoms with Gasteiger partial charge in [0, 0.05) is 5.33 Å². The maximum absolute atomic E-state index is 9.48. The number of hydrogen-bond donors (Lipinski definition) is 3. The van der Waals surface area contributed by atoms with E-state index in [9.17, 15) is 15.3 Å². The van der Waals surface area contributed by atoms with Crippen LogP contribution in [0.1, 0.15) is 6.92 Å². The highest BCUT2D eigenvalue weighted by molar-refractivity contribution is 9.09. The highest BCUT2D eigenvalue weighted by Gasteiger charge is 2.42. The molecular formula is C8H15BrO5. The van der Waals surface area contributed by atoms with Crippen molar-refractivity contribution in [2.24, 2.45) is 0 Å². The van der Waals surface area contributed by atoms with Crippen LogP contribution in [-0.4, -0.2) is 58.0 Å². The van der Waals surface area contributed by atoms with Crippen LogP contribution in [0.15, 0.2) is 0 Å². The van der Waals surface area contributed by atoms with Crippen molar-refractivity contribution in [2.75, 3.05) is 11.9 Å². The molecule has 1 rings (SSSR count). The van der Waals surface area contributed by atoms with Gasteiger partial charge < -0.3 is 24.8 Å². The third-order valence-corrected chi connectivity index (χ3v) is 2.49. The van der Waals surface area contributed by atoms with Gasteiger partial charge in [-0.15, -0.1) is 0 Å². The molecule has 0 aromatic heterocycles. The molecule has 1 heterocycles. The van der Waals surface area contributed by atoms with E-state index in [2.05, 4.69) is 15.9 Å². The summed E-state index contributed by atoms with van der Waals surface area (Å²) in [6, 6.07) is 0. The molecule has 14 heavy (non-hydrogen) atoms. The summed E-state index contributed by atoms with van der Waals surface area (Å²) in [7, 11) is 0. The highest BCUT2D eigenvalue weighted by atomic mass is 79.9. The van der Waals surface area contributed by atoms with Crippen molar-refractivity contribution in [3.8, 4) is 0 Å². The van der Waals surface area contributed by atoms with E-state index in [4.69, 9.17) is 9.47 Å². The number of ether oxygens (including phenoxy) is 2. The fourth-order valence-corrected chi connectivity index (χ4v) is 1.50. The van der Waals surface area contributed by atoms with E-state index in [1.165, 1.54) is 0 Å². The standard InChI is InChI=1S/C8H15BrO5/c1-4-5(10)6(11)7(12)8(14-4)13-3-2-9/h4-8,10-12H,2-3H2,1H3/t4-,5+,6+,7-,8?/m1/s1. The Labute approximate surface area is 90.8 Å². The van der Waals surface area contributed by atoms with Crippen molar-refractivity contribution in [2.45, 2.75) is 37.6 Å². The van der Waals surface area contributed by atoms with Crippen molar-refractivity contribution in [1.29, 1.82) is 0 Å². The predicted molar refractivity (Wildman–Crippen MR) is 52.1 cm³/mol. The smallest absolute Gasteiger partial charge is 0.186 e. The number of aliphatic hydroxyl groups excluding tert-OH is 3. The zero-order chi connectivity index (χ0) is 10.7. The van der Waals surface area contributed by atoms with Crippen molar-refractivity contribution in [3.05, 3.63) is 0 Å². The van der Waals surface area contributed by atoms with E-state index in [1.807, 2.05) is 0 Å². The largest absolute Gasteiger partial charge is 0.388 e. The zero-order valence-corrected chi connectivity index (χ0v) is 9.42. The highest BCUT2D eigenvalue weighted by Crippen LogP contribution is 2.21. The second kappa shape index (κ2) is 5.39. The van der Waals surface area contributed by atoms with Crippen molar-refractivity contribution in [3.63, 3.8) is 0 Å². The zero-order valence-electron chi connectivity index (χ0n) is 7.84. The summed E-state index contributed by atoms with van der Waals surface area (Å²) in [6.45, 7) is 1.99. The normalized spacial score (nSPS) is 43.9. The first-order chi connectivity index (χ1) is 6.57. The minimum Gasteiger partial charge on any atom is -0.388 e. The van der Waals surface area contributed by atoms with Crippen LogP contribution in [0.3, 0.4) is 0 Å². The van der Waals surface area contributed by atoms with Gasteiger partial charge in [-0.25, -0.2) is 0 Å². The lowest BCUT2D eigenvalue weighted by Crippen LogP contribution is -2.57. The number of aliphatic hydroxyl groups is 3. The summed E-state index contributed by atoms with van der Waals surface area (Å²) >= 11 is 3.16. The van der Waals surface area contributed by atoms with E-state index < -0.39 is 30.7 Å². The number of alkyl halides is 1. The van der Waals surface area contributed by atoms with E-state index in [1.54, 1.807) is 6.92 Å². The number of rotatable bonds is 3. The van der Waals surface area contributed by atoms with Crippen LogP contribution < -0.4 is 0 Å². The summed E-state index contributed by atoms with van der Waals surface area (Å²) < 4.78 is 10.3. The molecule has 0 amide bonds. The van der Waals surface area contributed by atoms with Crippen LogP contribution in [0.4, 0.5) is 0 Å². The fraction of sp³-hybridized carbons (Fsp3) is 1.00. The molecule has 0 saturated carbocycles. The molecule has 3 N–H and O–H groups in total. The van der Waals surface area contributed by atoms with Gasteiger partial charge in [-0.1, -0.05) is 15.9 Å². The van der Waals surface area contributed by atoms with E-state index in [-0.39, 0.29) is 0 Å². The molecule has 0 bridgehead atoms. The fourth-order valence-electron chi connectivity index (χ4n) is 1.31. The van der Waals surface area contributed by atoms with E-state index >= 15 is 0 Å². The van der Waals surface area contributed by atoms with Gasteiger partial charge in [0.15, 0.2) is 6.29 Å². The third kappa shape index (κ3) is 2.65. The summed E-state index contributed by atoms with van der Waals surface area (Å²) in [4.78, 5) is 0. The molecule has 5 atom stereocenters. The Kier molecular flexibility index (Phi) is 4.75. The van der Waals surface area contributed by atoms with Crippen LogP contribution in [-0.2, 0) is 9.47 Å². The average Bonchev–Trinajstić information content (AvgIpc) is 2.18. The van der Waals surface area contributed by atoms with Gasteiger partial charge in [0.05, 0.1) is 12.7 Å². The quantitative estimate of drug-likeness (QED) is 0.587. The van der Waals surface area contributed by atoms with Crippen molar-refractivity contribution in [1.82, 2.24) is 0 Å². The molecule has 1 saturated heterocycles. The topological polar surface area (TPSA) is 79.2 Å². The van der Waals surface area contributed by atoms with E-state index in [0.717, 1.165) is 0 Å². The Bertz CT molecular complexity index is 179. The summed E-state index contributed by atoms with van der Waals surface area (Å²) in [5, 5.41) is 28.9. The molecule has 0 aromatic carbocycles. The lowest BCUT2D eigenvalue weighted by Gasteiger charge is -2.38. The van der Waals surface area contributed by atoms with Gasteiger partial charge in [0.1, 0.15) is 18.3 Å². The molecule has 0 spiro atoms. The van der Waals surface area contributed by atoms with Crippen LogP contribution in [0.25, 0.3) is 0 Å². The molecule has 5 nitrogen and oxygen atoms in total. The Balaban J connectivity index is 2.52. The molecule has 6 heteroatoms. The molecular weight excluding hydrogens is 256 g/mol. The second-order valence-electron chi connectivity index (χ2n) is 3.24. The lowest BCUT2D eigenvalue weighted by atomic mass is 10.0. The minimum absolute atomic E-state index is 0.372. The van der Waals surface area contributed by atoms with Gasteiger partial charge in [0.25, 0.3) is 0 Å². The first-order valence-corrected chi connectivity index (χ1v) is 5.57. The molecule has 1 fully saturated rings. The number of hydrogen-bond acceptors (Lipinski definition) is 5. The van der Waals surface area contributed by atoms with Crippen LogP contribution >= 0.6 is 15.9 Å². The average molecular weight is 271 g/mol. The molecule has 1 aliphatic rings. The molecule has 0 aliphatic carbocycles. The van der Waals surface area contributed by atoms with Gasteiger partial charge in [0.2, 0.25) is 0 Å². The Morgan fingerprint density at radius 1 is 1.21 bits per heavy atom. The van der Waals surface area contributed by atoms with Crippen LogP contribution in [0, 0.1) is 0 Å². The Morgan fingerprint density at radius 2 is 1.86 bits per heavy atom. The van der Waals surface area contributed by atoms with Gasteiger partial charge in [-0.2, -0.15) is 0 Å². The Morgan fingerprint density at radius 3 is 2.43 bits per heavy atom. The van der Waals surface area contributed by atoms with Crippen LogP contribution in [0.2, 0.25) is 0 Å². The van der Waals surface area contributed by atoms with Crippen molar-refractivity contribution >= 4 is 15.9 Å². The van der Waals surface area contributed by atoms with Gasteiger partial charge >= 0.3 is 0 Å². The summed E-state index contributed by atoms with van der Waals surface area (Å²) in [5.41, 5.74) is 0. The SMILES string of the molecule is C[C@H]1OC(OCCBr)[C@H](O)[C@@H](O)[C@H]1O. The van der Waals surface area contributed by atoms with Gasteiger partial charge in [-0.05, 0) is 6.92 Å². The first-order valence-electron chi connectivity index (χ1n) is 4.45. The minimum atomic E-state index is -1.22. The maximum atomic E-state index is 9.48. The molecule has 0 radical (unpaired) electrons. The maximum Gasteiger partial charge on any atom is 0.186 e. The number of halogens is 1. The Hall–Kier alpha value is 0.280. The van der Waals surface area contributed by atoms with Crippen molar-refractivity contribution < 1.29 is 24.8 Å². The third-order valence-electron chi connectivity index (χ3n) is 2.17. The molecule has 84 valence electrons. The monoisotopic (exact) mass is 270 g/mol.